The van der Waals surface area contributed by atoms with Gasteiger partial charge in [0.15, 0.2) is 0 Å². The number of thiazole rings is 1. The van der Waals surface area contributed by atoms with Crippen LogP contribution in [-0.2, 0) is 6.42 Å². The predicted molar refractivity (Wildman–Crippen MR) is 86.7 cm³/mol. The fourth-order valence-corrected chi connectivity index (χ4v) is 4.06. The van der Waals surface area contributed by atoms with Crippen LogP contribution in [0.5, 0.6) is 0 Å². The van der Waals surface area contributed by atoms with Crippen LogP contribution in [0.3, 0.4) is 0 Å². The molecule has 120 valence electrons. The monoisotopic (exact) mass is 331 g/mol. The Morgan fingerprint density at radius 2 is 2.22 bits per heavy atom. The summed E-state index contributed by atoms with van der Waals surface area (Å²) in [6, 6.07) is 4.60. The number of rotatable bonds is 4. The molecule has 2 aliphatic rings. The number of hydrogen-bond acceptors (Lipinski definition) is 3. The van der Waals surface area contributed by atoms with Gasteiger partial charge in [0.05, 0.1) is 12.1 Å². The second-order valence-corrected chi connectivity index (χ2v) is 7.16. The Morgan fingerprint density at radius 3 is 2.96 bits per heavy atom. The molecule has 0 spiro atoms. The molecule has 1 fully saturated rings. The number of fused-ring (bicyclic) bond motifs is 1. The van der Waals surface area contributed by atoms with Gasteiger partial charge in [-0.2, -0.15) is 0 Å². The third-order valence-corrected chi connectivity index (χ3v) is 5.44. The minimum atomic E-state index is -0.216. The molecule has 4 rings (SSSR count). The summed E-state index contributed by atoms with van der Waals surface area (Å²) in [6.45, 7) is 0. The Morgan fingerprint density at radius 1 is 1.35 bits per heavy atom. The molecular formula is C17H18FN3OS. The molecule has 0 radical (unpaired) electrons. The lowest BCUT2D eigenvalue weighted by molar-refractivity contribution is 0.231. The van der Waals surface area contributed by atoms with Crippen LogP contribution < -0.4 is 10.6 Å². The summed E-state index contributed by atoms with van der Waals surface area (Å²) in [5, 5.41) is 9.01. The number of nitrogens with zero attached hydrogens (tertiary/aromatic N) is 1. The van der Waals surface area contributed by atoms with E-state index in [0.717, 1.165) is 41.8 Å². The van der Waals surface area contributed by atoms with Crippen molar-refractivity contribution in [3.63, 3.8) is 0 Å². The Balaban J connectivity index is 1.43. The Labute approximate surface area is 138 Å². The average molecular weight is 331 g/mol. The van der Waals surface area contributed by atoms with Gasteiger partial charge < -0.3 is 10.6 Å². The van der Waals surface area contributed by atoms with E-state index in [-0.39, 0.29) is 23.9 Å². The fraction of sp³-hybridized carbons (Fsp3) is 0.412. The molecular weight excluding hydrogens is 313 g/mol. The quantitative estimate of drug-likeness (QED) is 0.897. The van der Waals surface area contributed by atoms with Crippen LogP contribution in [0.25, 0.3) is 0 Å². The van der Waals surface area contributed by atoms with E-state index in [0.29, 0.717) is 5.92 Å². The lowest BCUT2D eigenvalue weighted by atomic mass is 10.1. The number of urea groups is 1. The maximum Gasteiger partial charge on any atom is 0.315 e. The molecule has 0 unspecified atom stereocenters. The van der Waals surface area contributed by atoms with Crippen LogP contribution in [0.1, 0.15) is 47.5 Å². The number of halogens is 1. The van der Waals surface area contributed by atoms with Crippen molar-refractivity contribution in [3.05, 3.63) is 51.7 Å². The lowest BCUT2D eigenvalue weighted by Gasteiger charge is -2.19. The number of aromatic nitrogens is 1. The van der Waals surface area contributed by atoms with E-state index in [1.54, 1.807) is 29.7 Å². The van der Waals surface area contributed by atoms with E-state index in [9.17, 15) is 9.18 Å². The standard InChI is InChI=1S/C17H18FN3OS/c18-12-4-5-13-11(9-12)3-6-14(13)20-17(22)21-15(10-1-2-10)16-19-7-8-23-16/h4-5,7-10,14-15H,1-3,6H2,(H2,20,21,22)/t14-,15-/m0/s1. The van der Waals surface area contributed by atoms with Gasteiger partial charge in [0, 0.05) is 11.6 Å². The van der Waals surface area contributed by atoms with Crippen LogP contribution in [0.2, 0.25) is 0 Å². The SMILES string of the molecule is O=C(N[C@H]1CCc2cc(F)ccc21)N[C@H](c1nccs1)C1CC1. The number of nitrogens with one attached hydrogen (secondary N) is 2. The highest BCUT2D eigenvalue weighted by Gasteiger charge is 2.35. The summed E-state index contributed by atoms with van der Waals surface area (Å²) in [5.74, 6) is 0.281. The summed E-state index contributed by atoms with van der Waals surface area (Å²) in [7, 11) is 0. The smallest absolute Gasteiger partial charge is 0.315 e. The first-order valence-corrected chi connectivity index (χ1v) is 8.83. The number of hydrogen-bond donors (Lipinski definition) is 2. The van der Waals surface area contributed by atoms with Gasteiger partial charge in [-0.15, -0.1) is 11.3 Å². The highest BCUT2D eigenvalue weighted by molar-refractivity contribution is 7.09. The maximum atomic E-state index is 13.3. The average Bonchev–Trinajstić information content (AvgIpc) is 3.08. The first-order chi connectivity index (χ1) is 11.2. The molecule has 0 saturated heterocycles. The van der Waals surface area contributed by atoms with Gasteiger partial charge in [-0.05, 0) is 54.9 Å². The summed E-state index contributed by atoms with van der Waals surface area (Å²) in [4.78, 5) is 16.7. The summed E-state index contributed by atoms with van der Waals surface area (Å²) in [6.07, 6.45) is 5.66. The largest absolute Gasteiger partial charge is 0.331 e. The van der Waals surface area contributed by atoms with Gasteiger partial charge >= 0.3 is 6.03 Å². The maximum absolute atomic E-state index is 13.3. The van der Waals surface area contributed by atoms with Crippen molar-refractivity contribution in [2.24, 2.45) is 5.92 Å². The van der Waals surface area contributed by atoms with Crippen molar-refractivity contribution in [1.82, 2.24) is 15.6 Å². The summed E-state index contributed by atoms with van der Waals surface area (Å²) in [5.41, 5.74) is 2.02. The van der Waals surface area contributed by atoms with Gasteiger partial charge in [0.2, 0.25) is 0 Å². The molecule has 4 nitrogen and oxygen atoms in total. The van der Waals surface area contributed by atoms with Crippen LogP contribution >= 0.6 is 11.3 Å². The van der Waals surface area contributed by atoms with Gasteiger partial charge in [0.1, 0.15) is 10.8 Å². The van der Waals surface area contributed by atoms with Crippen LogP contribution in [0.4, 0.5) is 9.18 Å². The zero-order chi connectivity index (χ0) is 15.8. The molecule has 1 aromatic heterocycles. The number of benzene rings is 1. The van der Waals surface area contributed by atoms with Crippen LogP contribution in [0, 0.1) is 11.7 Å². The molecule has 2 amide bonds. The number of carbonyl (C=O) groups is 1. The van der Waals surface area contributed by atoms with E-state index < -0.39 is 0 Å². The topological polar surface area (TPSA) is 54.0 Å². The number of carbonyl (C=O) groups excluding carboxylic acids is 1. The molecule has 1 heterocycles. The first kappa shape index (κ1) is 14.6. The summed E-state index contributed by atoms with van der Waals surface area (Å²) >= 11 is 1.58. The predicted octanol–water partition coefficient (Wildman–Crippen LogP) is 3.72. The Hall–Kier alpha value is -1.95. The van der Waals surface area contributed by atoms with Gasteiger partial charge in [0.25, 0.3) is 0 Å². The van der Waals surface area contributed by atoms with E-state index in [1.165, 1.54) is 6.07 Å². The van der Waals surface area contributed by atoms with Crippen LogP contribution in [-0.4, -0.2) is 11.0 Å². The van der Waals surface area contributed by atoms with Gasteiger partial charge in [-0.25, -0.2) is 14.2 Å². The van der Waals surface area contributed by atoms with Crippen molar-refractivity contribution in [2.45, 2.75) is 37.8 Å². The second kappa shape index (κ2) is 5.92. The summed E-state index contributed by atoms with van der Waals surface area (Å²) < 4.78 is 13.3. The van der Waals surface area contributed by atoms with E-state index in [1.807, 2.05) is 5.38 Å². The highest BCUT2D eigenvalue weighted by atomic mass is 32.1. The lowest BCUT2D eigenvalue weighted by Crippen LogP contribution is -2.40. The molecule has 2 N–H and O–H groups in total. The number of amides is 2. The van der Waals surface area contributed by atoms with E-state index in [4.69, 9.17) is 0 Å². The van der Waals surface area contributed by atoms with Gasteiger partial charge in [-0.3, -0.25) is 0 Å². The van der Waals surface area contributed by atoms with Gasteiger partial charge in [-0.1, -0.05) is 6.07 Å². The third-order valence-electron chi connectivity index (χ3n) is 4.59. The van der Waals surface area contributed by atoms with Crippen molar-refractivity contribution in [3.8, 4) is 0 Å². The first-order valence-electron chi connectivity index (χ1n) is 7.95. The number of aryl methyl sites for hydroxylation is 1. The molecule has 2 aliphatic carbocycles. The Kier molecular flexibility index (Phi) is 3.77. The molecule has 2 aromatic rings. The second-order valence-electron chi connectivity index (χ2n) is 6.24. The van der Waals surface area contributed by atoms with Crippen molar-refractivity contribution in [2.75, 3.05) is 0 Å². The van der Waals surface area contributed by atoms with E-state index in [2.05, 4.69) is 15.6 Å². The van der Waals surface area contributed by atoms with Crippen LogP contribution in [0.15, 0.2) is 29.8 Å². The van der Waals surface area contributed by atoms with E-state index >= 15 is 0 Å². The molecule has 6 heteroatoms. The molecule has 0 bridgehead atoms. The minimum Gasteiger partial charge on any atom is -0.331 e. The molecule has 23 heavy (non-hydrogen) atoms. The zero-order valence-corrected chi connectivity index (χ0v) is 13.4. The zero-order valence-electron chi connectivity index (χ0n) is 12.6. The van der Waals surface area contributed by atoms with Crippen molar-refractivity contribution in [1.29, 1.82) is 0 Å². The molecule has 2 atom stereocenters. The minimum absolute atomic E-state index is 0.00379. The van der Waals surface area contributed by atoms with Crippen molar-refractivity contribution >= 4 is 17.4 Å². The third kappa shape index (κ3) is 3.08. The molecule has 0 aliphatic heterocycles. The normalized spacial score (nSPS) is 20.8. The fourth-order valence-electron chi connectivity index (χ4n) is 3.28. The molecule has 1 aromatic carbocycles. The molecule has 1 saturated carbocycles. The Bertz CT molecular complexity index is 715. The highest BCUT2D eigenvalue weighted by Crippen LogP contribution is 2.41. The van der Waals surface area contributed by atoms with Crippen molar-refractivity contribution < 1.29 is 9.18 Å².